The number of aromatic nitrogens is 1. The summed E-state index contributed by atoms with van der Waals surface area (Å²) < 4.78 is 10.6. The maximum Gasteiger partial charge on any atom is 0.338 e. The Balaban J connectivity index is 2.30. The van der Waals surface area contributed by atoms with Gasteiger partial charge in [-0.3, -0.25) is 0 Å². The summed E-state index contributed by atoms with van der Waals surface area (Å²) in [6.45, 7) is 7.46. The maximum absolute atomic E-state index is 12.7. The van der Waals surface area contributed by atoms with E-state index < -0.39 is 11.9 Å². The number of halogens is 1. The van der Waals surface area contributed by atoms with Crippen LogP contribution in [-0.4, -0.2) is 17.6 Å². The van der Waals surface area contributed by atoms with Crippen molar-refractivity contribution in [2.45, 2.75) is 33.6 Å². The second-order valence-electron chi connectivity index (χ2n) is 6.63. The molecule has 0 spiro atoms. The van der Waals surface area contributed by atoms with Crippen LogP contribution in [0.3, 0.4) is 0 Å². The normalized spacial score (nSPS) is 16.8. The van der Waals surface area contributed by atoms with Gasteiger partial charge in [-0.1, -0.05) is 17.7 Å². The number of pyridine rings is 1. The predicted octanol–water partition coefficient (Wildman–Crippen LogP) is 4.15. The summed E-state index contributed by atoms with van der Waals surface area (Å²) in [6, 6.07) is 7.88. The summed E-state index contributed by atoms with van der Waals surface area (Å²) in [7, 11) is 0. The van der Waals surface area contributed by atoms with E-state index in [9.17, 15) is 10.1 Å². The topological polar surface area (TPSA) is 98.2 Å². The first-order chi connectivity index (χ1) is 13.3. The van der Waals surface area contributed by atoms with Crippen LogP contribution < -0.4 is 5.73 Å². The van der Waals surface area contributed by atoms with E-state index in [1.807, 2.05) is 32.0 Å². The van der Waals surface area contributed by atoms with Gasteiger partial charge < -0.3 is 15.2 Å². The zero-order chi connectivity index (χ0) is 20.6. The Hall–Kier alpha value is -3.04. The molecule has 0 aliphatic carbocycles. The van der Waals surface area contributed by atoms with Gasteiger partial charge in [0, 0.05) is 10.9 Å². The highest BCUT2D eigenvalue weighted by Crippen LogP contribution is 2.42. The molecular formula is C21H20ClN3O3. The Morgan fingerprint density at radius 2 is 2.07 bits per heavy atom. The van der Waals surface area contributed by atoms with Crippen LogP contribution in [0, 0.1) is 25.2 Å². The van der Waals surface area contributed by atoms with Gasteiger partial charge in [-0.2, -0.15) is 5.26 Å². The zero-order valence-corrected chi connectivity index (χ0v) is 16.8. The molecule has 1 aliphatic rings. The van der Waals surface area contributed by atoms with Gasteiger partial charge in [-0.25, -0.2) is 9.78 Å². The number of nitriles is 1. The summed E-state index contributed by atoms with van der Waals surface area (Å²) in [5, 5.41) is 10.8. The number of aryl methyl sites for hydroxylation is 2. The van der Waals surface area contributed by atoms with Crippen molar-refractivity contribution in [3.05, 3.63) is 62.8 Å². The van der Waals surface area contributed by atoms with E-state index in [0.717, 1.165) is 22.0 Å². The Bertz CT molecular complexity index is 1100. The Labute approximate surface area is 168 Å². The molecule has 0 fully saturated rings. The van der Waals surface area contributed by atoms with Crippen molar-refractivity contribution in [2.75, 3.05) is 6.61 Å². The molecule has 144 valence electrons. The van der Waals surface area contributed by atoms with Gasteiger partial charge in [0.1, 0.15) is 22.6 Å². The Kier molecular flexibility index (Phi) is 5.30. The van der Waals surface area contributed by atoms with E-state index in [4.69, 9.17) is 26.8 Å². The highest BCUT2D eigenvalue weighted by Gasteiger charge is 2.37. The first-order valence-corrected chi connectivity index (χ1v) is 9.19. The molecule has 0 saturated heterocycles. The van der Waals surface area contributed by atoms with Crippen molar-refractivity contribution in [3.8, 4) is 6.07 Å². The number of carbonyl (C=O) groups is 1. The minimum Gasteiger partial charge on any atom is -0.463 e. The number of fused-ring (bicyclic) bond motifs is 1. The van der Waals surface area contributed by atoms with E-state index in [-0.39, 0.29) is 34.5 Å². The number of hydrogen-bond acceptors (Lipinski definition) is 6. The summed E-state index contributed by atoms with van der Waals surface area (Å²) in [5.74, 6) is -1.18. The number of rotatable bonds is 3. The van der Waals surface area contributed by atoms with E-state index >= 15 is 0 Å². The van der Waals surface area contributed by atoms with Crippen molar-refractivity contribution < 1.29 is 14.3 Å². The SMILES string of the molecule is CCOC(=O)C1=C(C)OC(N)=C(C#N)[C@H]1c1cc2c(C)cc(C)cc2nc1Cl. The summed E-state index contributed by atoms with van der Waals surface area (Å²) >= 11 is 6.51. The predicted molar refractivity (Wildman–Crippen MR) is 106 cm³/mol. The number of nitrogens with zero attached hydrogens (tertiary/aromatic N) is 2. The number of benzene rings is 1. The van der Waals surface area contributed by atoms with Gasteiger partial charge in [0.05, 0.1) is 23.6 Å². The van der Waals surface area contributed by atoms with E-state index in [1.54, 1.807) is 13.8 Å². The molecule has 28 heavy (non-hydrogen) atoms. The molecule has 1 aliphatic heterocycles. The molecule has 6 nitrogen and oxygen atoms in total. The second-order valence-corrected chi connectivity index (χ2v) is 6.99. The molecule has 2 N–H and O–H groups in total. The van der Waals surface area contributed by atoms with Crippen molar-refractivity contribution in [2.24, 2.45) is 5.73 Å². The molecule has 0 bridgehead atoms. The Morgan fingerprint density at radius 3 is 2.71 bits per heavy atom. The average molecular weight is 398 g/mol. The standard InChI is InChI=1S/C21H20ClN3O3/c1-5-27-21(26)17-12(4)28-20(24)15(9-23)18(17)14-8-13-11(3)6-10(2)7-16(13)25-19(14)22/h6-8,18H,5,24H2,1-4H3/t18-/m1/s1. The number of hydrogen-bond donors (Lipinski definition) is 1. The van der Waals surface area contributed by atoms with Gasteiger partial charge in [0.25, 0.3) is 0 Å². The van der Waals surface area contributed by atoms with Gasteiger partial charge >= 0.3 is 5.97 Å². The number of ether oxygens (including phenoxy) is 2. The minimum absolute atomic E-state index is 0.0603. The molecule has 3 rings (SSSR count). The summed E-state index contributed by atoms with van der Waals surface area (Å²) in [4.78, 5) is 17.2. The van der Waals surface area contributed by atoms with E-state index in [2.05, 4.69) is 11.1 Å². The van der Waals surface area contributed by atoms with E-state index in [1.165, 1.54) is 0 Å². The minimum atomic E-state index is -0.817. The second kappa shape index (κ2) is 7.53. The van der Waals surface area contributed by atoms with Gasteiger partial charge in [-0.05, 0) is 51.0 Å². The molecule has 0 saturated carbocycles. The molecule has 2 aromatic rings. The van der Waals surface area contributed by atoms with Crippen LogP contribution in [-0.2, 0) is 14.3 Å². The summed E-state index contributed by atoms with van der Waals surface area (Å²) in [6.07, 6.45) is 0. The highest BCUT2D eigenvalue weighted by atomic mass is 35.5. The molecule has 1 aromatic heterocycles. The first-order valence-electron chi connectivity index (χ1n) is 8.81. The van der Waals surface area contributed by atoms with Crippen LogP contribution >= 0.6 is 11.6 Å². The van der Waals surface area contributed by atoms with Crippen molar-refractivity contribution in [1.82, 2.24) is 4.98 Å². The lowest BCUT2D eigenvalue weighted by Gasteiger charge is -2.27. The van der Waals surface area contributed by atoms with Gasteiger partial charge in [-0.15, -0.1) is 0 Å². The number of esters is 1. The average Bonchev–Trinajstić information content (AvgIpc) is 2.60. The van der Waals surface area contributed by atoms with Crippen molar-refractivity contribution in [1.29, 1.82) is 5.26 Å². The molecule has 0 amide bonds. The van der Waals surface area contributed by atoms with E-state index in [0.29, 0.717) is 5.56 Å². The molecule has 2 heterocycles. The molecule has 1 atom stereocenters. The summed E-state index contributed by atoms with van der Waals surface area (Å²) in [5.41, 5.74) is 9.57. The number of carbonyl (C=O) groups excluding carboxylic acids is 1. The highest BCUT2D eigenvalue weighted by molar-refractivity contribution is 6.31. The monoisotopic (exact) mass is 397 g/mol. The van der Waals surface area contributed by atoms with Crippen LogP contribution in [0.2, 0.25) is 5.15 Å². The van der Waals surface area contributed by atoms with Crippen LogP contribution in [0.4, 0.5) is 0 Å². The molecule has 1 aromatic carbocycles. The van der Waals surface area contributed by atoms with Crippen molar-refractivity contribution >= 4 is 28.5 Å². The third kappa shape index (κ3) is 3.30. The molecule has 0 unspecified atom stereocenters. The number of allylic oxidation sites excluding steroid dienone is 2. The fourth-order valence-corrected chi connectivity index (χ4v) is 3.74. The quantitative estimate of drug-likeness (QED) is 0.617. The van der Waals surface area contributed by atoms with Crippen molar-refractivity contribution in [3.63, 3.8) is 0 Å². The maximum atomic E-state index is 12.7. The molecule has 7 heteroatoms. The van der Waals surface area contributed by atoms with Crippen LogP contribution in [0.5, 0.6) is 0 Å². The molecule has 0 radical (unpaired) electrons. The molecular weight excluding hydrogens is 378 g/mol. The lowest BCUT2D eigenvalue weighted by atomic mass is 9.83. The van der Waals surface area contributed by atoms with Crippen LogP contribution in [0.15, 0.2) is 41.0 Å². The third-order valence-electron chi connectivity index (χ3n) is 4.68. The Morgan fingerprint density at radius 1 is 1.36 bits per heavy atom. The van der Waals surface area contributed by atoms with Crippen LogP contribution in [0.1, 0.15) is 36.5 Å². The fraction of sp³-hybridized carbons (Fsp3) is 0.286. The first kappa shape index (κ1) is 19.7. The zero-order valence-electron chi connectivity index (χ0n) is 16.1. The van der Waals surface area contributed by atoms with Crippen LogP contribution in [0.25, 0.3) is 10.9 Å². The smallest absolute Gasteiger partial charge is 0.338 e. The largest absolute Gasteiger partial charge is 0.463 e. The van der Waals surface area contributed by atoms with Gasteiger partial charge in [0.2, 0.25) is 5.88 Å². The number of nitrogens with two attached hydrogens (primary N) is 1. The van der Waals surface area contributed by atoms with Gasteiger partial charge in [0.15, 0.2) is 0 Å². The third-order valence-corrected chi connectivity index (χ3v) is 4.98. The lowest BCUT2D eigenvalue weighted by molar-refractivity contribution is -0.139. The lowest BCUT2D eigenvalue weighted by Crippen LogP contribution is -2.26. The fourth-order valence-electron chi connectivity index (χ4n) is 3.49.